The summed E-state index contributed by atoms with van der Waals surface area (Å²) in [6, 6.07) is -0.709. The van der Waals surface area contributed by atoms with E-state index in [1.54, 1.807) is 27.7 Å². The van der Waals surface area contributed by atoms with Crippen molar-refractivity contribution in [2.45, 2.75) is 72.1 Å². The molecule has 0 aromatic heterocycles. The molecule has 1 N–H and O–H groups in total. The van der Waals surface area contributed by atoms with E-state index in [1.165, 1.54) is 0 Å². The Morgan fingerprint density at radius 3 is 2.22 bits per heavy atom. The zero-order chi connectivity index (χ0) is 14.3. The Balaban J connectivity index is 4.12. The number of amides is 1. The molecular formula is C13H25NO4. The number of esters is 1. The number of rotatable bonds is 5. The topological polar surface area (TPSA) is 64.6 Å². The van der Waals surface area contributed by atoms with E-state index in [1.807, 2.05) is 13.8 Å². The van der Waals surface area contributed by atoms with E-state index in [0.717, 1.165) is 12.8 Å². The Bertz CT molecular complexity index is 283. The predicted molar refractivity (Wildman–Crippen MR) is 69.3 cm³/mol. The van der Waals surface area contributed by atoms with E-state index in [9.17, 15) is 9.59 Å². The molecule has 0 bridgehead atoms. The van der Waals surface area contributed by atoms with E-state index in [0.29, 0.717) is 0 Å². The fraction of sp³-hybridized carbons (Fsp3) is 0.846. The third-order valence-electron chi connectivity index (χ3n) is 2.10. The lowest BCUT2D eigenvalue weighted by Crippen LogP contribution is -2.43. The molecule has 5 heteroatoms. The fourth-order valence-electron chi connectivity index (χ4n) is 1.31. The van der Waals surface area contributed by atoms with Gasteiger partial charge in [0.2, 0.25) is 0 Å². The van der Waals surface area contributed by atoms with Crippen molar-refractivity contribution in [1.29, 1.82) is 0 Å². The van der Waals surface area contributed by atoms with Crippen molar-refractivity contribution in [3.63, 3.8) is 0 Å². The SMILES string of the molecule is CCC[C@H](C)OC(=O)[C@H](C)NC(=O)OC(C)(C)C. The summed E-state index contributed by atoms with van der Waals surface area (Å²) in [6.07, 6.45) is 1.01. The van der Waals surface area contributed by atoms with Gasteiger partial charge < -0.3 is 14.8 Å². The molecule has 0 saturated heterocycles. The van der Waals surface area contributed by atoms with Crippen LogP contribution in [0.4, 0.5) is 4.79 Å². The van der Waals surface area contributed by atoms with E-state index in [-0.39, 0.29) is 6.10 Å². The van der Waals surface area contributed by atoms with Gasteiger partial charge in [-0.05, 0) is 41.0 Å². The highest BCUT2D eigenvalue weighted by atomic mass is 16.6. The van der Waals surface area contributed by atoms with Gasteiger partial charge in [0, 0.05) is 0 Å². The van der Waals surface area contributed by atoms with E-state index < -0.39 is 23.7 Å². The largest absolute Gasteiger partial charge is 0.461 e. The monoisotopic (exact) mass is 259 g/mol. The van der Waals surface area contributed by atoms with Crippen molar-refractivity contribution in [1.82, 2.24) is 5.32 Å². The van der Waals surface area contributed by atoms with Crippen LogP contribution in [0.2, 0.25) is 0 Å². The van der Waals surface area contributed by atoms with Gasteiger partial charge in [-0.25, -0.2) is 9.59 Å². The molecule has 0 fully saturated rings. The van der Waals surface area contributed by atoms with Crippen molar-refractivity contribution < 1.29 is 19.1 Å². The van der Waals surface area contributed by atoms with Crippen LogP contribution in [-0.2, 0) is 14.3 Å². The Kier molecular flexibility index (Phi) is 6.73. The van der Waals surface area contributed by atoms with Crippen LogP contribution in [0, 0.1) is 0 Å². The van der Waals surface area contributed by atoms with E-state index >= 15 is 0 Å². The number of carbonyl (C=O) groups excluding carboxylic acids is 2. The van der Waals surface area contributed by atoms with Crippen LogP contribution < -0.4 is 5.32 Å². The van der Waals surface area contributed by atoms with Gasteiger partial charge in [-0.15, -0.1) is 0 Å². The molecule has 2 atom stereocenters. The first-order valence-corrected chi connectivity index (χ1v) is 6.35. The summed E-state index contributed by atoms with van der Waals surface area (Å²) < 4.78 is 10.2. The minimum atomic E-state index is -0.709. The molecule has 0 rings (SSSR count). The molecule has 0 aliphatic carbocycles. The Hall–Kier alpha value is -1.26. The number of nitrogens with one attached hydrogen (secondary N) is 1. The van der Waals surface area contributed by atoms with Gasteiger partial charge in [0.15, 0.2) is 0 Å². The molecule has 0 aromatic rings. The van der Waals surface area contributed by atoms with Gasteiger partial charge in [0.05, 0.1) is 6.10 Å². The first-order valence-electron chi connectivity index (χ1n) is 6.35. The van der Waals surface area contributed by atoms with Gasteiger partial charge in [0.1, 0.15) is 11.6 Å². The third kappa shape index (κ3) is 7.92. The Morgan fingerprint density at radius 2 is 1.78 bits per heavy atom. The quantitative estimate of drug-likeness (QED) is 0.771. The Morgan fingerprint density at radius 1 is 1.22 bits per heavy atom. The van der Waals surface area contributed by atoms with Crippen molar-refractivity contribution >= 4 is 12.1 Å². The highest BCUT2D eigenvalue weighted by molar-refractivity contribution is 5.81. The summed E-state index contributed by atoms with van der Waals surface area (Å²) in [4.78, 5) is 23.1. The number of alkyl carbamates (subject to hydrolysis) is 1. The second kappa shape index (κ2) is 7.24. The lowest BCUT2D eigenvalue weighted by atomic mass is 10.2. The van der Waals surface area contributed by atoms with Crippen LogP contribution in [-0.4, -0.2) is 29.8 Å². The van der Waals surface area contributed by atoms with Crippen LogP contribution in [0.15, 0.2) is 0 Å². The molecule has 0 aromatic carbocycles. The molecule has 1 amide bonds. The molecular weight excluding hydrogens is 234 g/mol. The van der Waals surface area contributed by atoms with Gasteiger partial charge in [-0.2, -0.15) is 0 Å². The molecule has 0 unspecified atom stereocenters. The molecule has 106 valence electrons. The maximum Gasteiger partial charge on any atom is 0.408 e. The number of ether oxygens (including phenoxy) is 2. The van der Waals surface area contributed by atoms with E-state index in [4.69, 9.17) is 9.47 Å². The van der Waals surface area contributed by atoms with Gasteiger partial charge in [0.25, 0.3) is 0 Å². The third-order valence-corrected chi connectivity index (χ3v) is 2.10. The van der Waals surface area contributed by atoms with Gasteiger partial charge in [-0.1, -0.05) is 13.3 Å². The van der Waals surface area contributed by atoms with Crippen LogP contribution in [0.1, 0.15) is 54.4 Å². The lowest BCUT2D eigenvalue weighted by Gasteiger charge is -2.22. The standard InChI is InChI=1S/C13H25NO4/c1-7-8-9(2)17-11(15)10(3)14-12(16)18-13(4,5)6/h9-10H,7-8H2,1-6H3,(H,14,16)/t9-,10-/m0/s1. The molecule has 0 radical (unpaired) electrons. The summed E-state index contributed by atoms with van der Waals surface area (Å²) in [5.74, 6) is -0.443. The smallest absolute Gasteiger partial charge is 0.408 e. The molecule has 0 heterocycles. The minimum Gasteiger partial charge on any atom is -0.461 e. The van der Waals surface area contributed by atoms with E-state index in [2.05, 4.69) is 5.32 Å². The maximum atomic E-state index is 11.6. The van der Waals surface area contributed by atoms with Crippen LogP contribution in [0.25, 0.3) is 0 Å². The molecule has 0 saturated carbocycles. The number of hydrogen-bond donors (Lipinski definition) is 1. The highest BCUT2D eigenvalue weighted by Crippen LogP contribution is 2.07. The number of hydrogen-bond acceptors (Lipinski definition) is 4. The zero-order valence-corrected chi connectivity index (χ0v) is 12.2. The summed E-state index contributed by atoms with van der Waals surface area (Å²) in [7, 11) is 0. The van der Waals surface area contributed by atoms with Gasteiger partial charge >= 0.3 is 12.1 Å². The molecule has 0 aliphatic rings. The lowest BCUT2D eigenvalue weighted by molar-refractivity contribution is -0.150. The maximum absolute atomic E-state index is 11.6. The molecule has 18 heavy (non-hydrogen) atoms. The van der Waals surface area contributed by atoms with Gasteiger partial charge in [-0.3, -0.25) is 0 Å². The Labute approximate surface area is 109 Å². The molecule has 0 spiro atoms. The normalized spacial score (nSPS) is 14.6. The highest BCUT2D eigenvalue weighted by Gasteiger charge is 2.22. The average molecular weight is 259 g/mol. The van der Waals surface area contributed by atoms with Crippen LogP contribution in [0.5, 0.6) is 0 Å². The van der Waals surface area contributed by atoms with Crippen molar-refractivity contribution in [2.75, 3.05) is 0 Å². The first kappa shape index (κ1) is 16.7. The van der Waals surface area contributed by atoms with Crippen molar-refractivity contribution in [2.24, 2.45) is 0 Å². The summed E-state index contributed by atoms with van der Waals surface area (Å²) >= 11 is 0. The predicted octanol–water partition coefficient (Wildman–Crippen LogP) is 2.63. The molecule has 5 nitrogen and oxygen atoms in total. The van der Waals surface area contributed by atoms with Crippen LogP contribution >= 0.6 is 0 Å². The fourth-order valence-corrected chi connectivity index (χ4v) is 1.31. The summed E-state index contributed by atoms with van der Waals surface area (Å²) in [5, 5.41) is 2.45. The second-order valence-corrected chi connectivity index (χ2v) is 5.40. The summed E-state index contributed by atoms with van der Waals surface area (Å²) in [6.45, 7) is 10.7. The zero-order valence-electron chi connectivity index (χ0n) is 12.2. The summed E-state index contributed by atoms with van der Waals surface area (Å²) in [5.41, 5.74) is -0.580. The van der Waals surface area contributed by atoms with Crippen LogP contribution in [0.3, 0.4) is 0 Å². The number of carbonyl (C=O) groups is 2. The van der Waals surface area contributed by atoms with Crippen molar-refractivity contribution in [3.05, 3.63) is 0 Å². The molecule has 0 aliphatic heterocycles. The first-order chi connectivity index (χ1) is 8.15. The van der Waals surface area contributed by atoms with Crippen molar-refractivity contribution in [3.8, 4) is 0 Å². The average Bonchev–Trinajstić information content (AvgIpc) is 2.14. The second-order valence-electron chi connectivity index (χ2n) is 5.40. The minimum absolute atomic E-state index is 0.134.